The lowest BCUT2D eigenvalue weighted by molar-refractivity contribution is -0.361. The van der Waals surface area contributed by atoms with Gasteiger partial charge in [0.25, 0.3) is 5.82 Å². The molecule has 0 fully saturated rings. The molecular formula is C22H18Cl2N3O+. The van der Waals surface area contributed by atoms with E-state index in [1.165, 1.54) is 0 Å². The number of nitrogens with zero attached hydrogens (tertiary/aromatic N) is 1. The SMILES string of the molecule is Cc1cc[nH+]c(N[C@@H](c2ccc(Cl)cc2Cl)c2ccc3cccnc3c2O)c1. The number of fused-ring (bicyclic) bond motifs is 1. The van der Waals surface area contributed by atoms with Crippen molar-refractivity contribution in [3.05, 3.63) is 93.7 Å². The molecule has 0 bridgehead atoms. The van der Waals surface area contributed by atoms with E-state index in [2.05, 4.69) is 15.3 Å². The lowest BCUT2D eigenvalue weighted by Crippen LogP contribution is -2.19. The van der Waals surface area contributed by atoms with Crippen molar-refractivity contribution in [2.45, 2.75) is 13.0 Å². The molecule has 0 amide bonds. The quantitative estimate of drug-likeness (QED) is 0.462. The summed E-state index contributed by atoms with van der Waals surface area (Å²) in [6, 6.07) is 16.5. The summed E-state index contributed by atoms with van der Waals surface area (Å²) in [5, 5.41) is 16.4. The first kappa shape index (κ1) is 18.5. The number of aromatic amines is 1. The van der Waals surface area contributed by atoms with Gasteiger partial charge in [-0.3, -0.25) is 10.3 Å². The van der Waals surface area contributed by atoms with Crippen LogP contribution in [0.1, 0.15) is 22.7 Å². The van der Waals surface area contributed by atoms with E-state index in [0.717, 1.165) is 22.3 Å². The Hall–Kier alpha value is -2.82. The molecule has 4 aromatic rings. The number of benzene rings is 2. The number of pyridine rings is 2. The van der Waals surface area contributed by atoms with Gasteiger partial charge < -0.3 is 5.11 Å². The van der Waals surface area contributed by atoms with Crippen LogP contribution in [0.3, 0.4) is 0 Å². The van der Waals surface area contributed by atoms with Crippen molar-refractivity contribution in [1.82, 2.24) is 4.98 Å². The van der Waals surface area contributed by atoms with Crippen LogP contribution in [-0.4, -0.2) is 10.1 Å². The lowest BCUT2D eigenvalue weighted by Gasteiger charge is -2.19. The highest BCUT2D eigenvalue weighted by atomic mass is 35.5. The van der Waals surface area contributed by atoms with Gasteiger partial charge in [0, 0.05) is 38.8 Å². The molecule has 0 saturated heterocycles. The van der Waals surface area contributed by atoms with E-state index < -0.39 is 6.04 Å². The van der Waals surface area contributed by atoms with E-state index in [1.54, 1.807) is 18.3 Å². The third-order valence-electron chi connectivity index (χ3n) is 4.62. The van der Waals surface area contributed by atoms with Gasteiger partial charge in [-0.15, -0.1) is 0 Å². The van der Waals surface area contributed by atoms with Crippen LogP contribution in [0.5, 0.6) is 5.75 Å². The fraction of sp³-hybridized carbons (Fsp3) is 0.0909. The zero-order valence-corrected chi connectivity index (χ0v) is 16.6. The first-order valence-corrected chi connectivity index (χ1v) is 9.55. The van der Waals surface area contributed by atoms with Gasteiger partial charge in [-0.1, -0.05) is 41.4 Å². The van der Waals surface area contributed by atoms with Crippen LogP contribution in [0.25, 0.3) is 10.9 Å². The minimum absolute atomic E-state index is 0.120. The molecule has 0 radical (unpaired) electrons. The molecule has 6 heteroatoms. The summed E-state index contributed by atoms with van der Waals surface area (Å²) in [4.78, 5) is 7.52. The van der Waals surface area contributed by atoms with Crippen LogP contribution in [0.15, 0.2) is 67.0 Å². The summed E-state index contributed by atoms with van der Waals surface area (Å²) in [7, 11) is 0. The number of aromatic nitrogens is 2. The number of rotatable bonds is 4. The van der Waals surface area contributed by atoms with Crippen molar-refractivity contribution in [3.63, 3.8) is 0 Å². The molecule has 0 spiro atoms. The van der Waals surface area contributed by atoms with Gasteiger partial charge in [0.2, 0.25) is 0 Å². The van der Waals surface area contributed by atoms with Crippen molar-refractivity contribution in [3.8, 4) is 5.75 Å². The van der Waals surface area contributed by atoms with Crippen LogP contribution < -0.4 is 10.3 Å². The molecule has 1 atom stereocenters. The Morgan fingerprint density at radius 2 is 1.86 bits per heavy atom. The first-order chi connectivity index (χ1) is 13.5. The fourth-order valence-electron chi connectivity index (χ4n) is 3.26. The van der Waals surface area contributed by atoms with Gasteiger partial charge in [0.1, 0.15) is 17.3 Å². The molecule has 28 heavy (non-hydrogen) atoms. The molecule has 0 saturated carbocycles. The lowest BCUT2D eigenvalue weighted by atomic mass is 9.96. The number of phenolic OH excluding ortho intramolecular Hbond substituents is 1. The first-order valence-electron chi connectivity index (χ1n) is 8.79. The van der Waals surface area contributed by atoms with Crippen molar-refractivity contribution < 1.29 is 10.1 Å². The Kier molecular flexibility index (Phi) is 5.07. The molecule has 0 aliphatic heterocycles. The fourth-order valence-corrected chi connectivity index (χ4v) is 3.77. The third-order valence-corrected chi connectivity index (χ3v) is 5.18. The molecule has 2 aromatic heterocycles. The minimum atomic E-state index is -0.408. The van der Waals surface area contributed by atoms with E-state index in [9.17, 15) is 5.11 Å². The van der Waals surface area contributed by atoms with Gasteiger partial charge >= 0.3 is 0 Å². The van der Waals surface area contributed by atoms with Crippen LogP contribution in [0.4, 0.5) is 5.82 Å². The number of H-pyrrole nitrogens is 1. The summed E-state index contributed by atoms with van der Waals surface area (Å²) in [6.07, 6.45) is 3.53. The van der Waals surface area contributed by atoms with Gasteiger partial charge in [-0.2, -0.15) is 0 Å². The Balaban J connectivity index is 1.88. The molecule has 4 nitrogen and oxygen atoms in total. The summed E-state index contributed by atoms with van der Waals surface area (Å²) in [5.74, 6) is 0.922. The number of halogens is 2. The van der Waals surface area contributed by atoms with Crippen LogP contribution in [0, 0.1) is 6.92 Å². The number of aryl methyl sites for hydroxylation is 1. The molecule has 2 heterocycles. The molecule has 140 valence electrons. The van der Waals surface area contributed by atoms with E-state index in [4.69, 9.17) is 23.2 Å². The predicted molar refractivity (Wildman–Crippen MR) is 113 cm³/mol. The summed E-state index contributed by atoms with van der Waals surface area (Å²) in [5.41, 5.74) is 3.12. The number of hydrogen-bond donors (Lipinski definition) is 2. The minimum Gasteiger partial charge on any atom is -0.505 e. The second-order valence-corrected chi connectivity index (χ2v) is 7.45. The Bertz CT molecular complexity index is 1160. The smallest absolute Gasteiger partial charge is 0.273 e. The zero-order chi connectivity index (χ0) is 19.7. The average molecular weight is 411 g/mol. The maximum atomic E-state index is 11.0. The Morgan fingerprint density at radius 3 is 2.64 bits per heavy atom. The maximum Gasteiger partial charge on any atom is 0.273 e. The van der Waals surface area contributed by atoms with E-state index >= 15 is 0 Å². The molecule has 0 unspecified atom stereocenters. The predicted octanol–water partition coefficient (Wildman–Crippen LogP) is 5.57. The van der Waals surface area contributed by atoms with Crippen LogP contribution >= 0.6 is 23.2 Å². The second kappa shape index (κ2) is 7.66. The number of aromatic hydroxyl groups is 1. The number of nitrogens with one attached hydrogen (secondary N) is 2. The Morgan fingerprint density at radius 1 is 1.04 bits per heavy atom. The van der Waals surface area contributed by atoms with Gasteiger partial charge in [0.15, 0.2) is 0 Å². The average Bonchev–Trinajstić information content (AvgIpc) is 2.67. The molecular weight excluding hydrogens is 393 g/mol. The standard InChI is InChI=1S/C22H17Cl2N3O/c1-13-8-10-25-19(11-13)27-21(16-7-5-15(23)12-18(16)24)17-6-4-14-3-2-9-26-20(14)22(17)28/h2-12,21,28H,1H3,(H,25,27)/p+1/t21-/m0/s1. The highest BCUT2D eigenvalue weighted by molar-refractivity contribution is 6.35. The normalized spacial score (nSPS) is 12.1. The van der Waals surface area contributed by atoms with Crippen molar-refractivity contribution in [2.75, 3.05) is 5.32 Å². The highest BCUT2D eigenvalue weighted by Crippen LogP contribution is 2.38. The molecule has 0 aliphatic rings. The monoisotopic (exact) mass is 410 g/mol. The summed E-state index contributed by atoms with van der Waals surface area (Å²) in [6.45, 7) is 2.01. The van der Waals surface area contributed by atoms with Crippen molar-refractivity contribution in [1.29, 1.82) is 0 Å². The number of hydrogen-bond acceptors (Lipinski definition) is 3. The van der Waals surface area contributed by atoms with Crippen molar-refractivity contribution >= 4 is 39.9 Å². The van der Waals surface area contributed by atoms with Crippen LogP contribution in [0.2, 0.25) is 10.0 Å². The van der Waals surface area contributed by atoms with E-state index in [0.29, 0.717) is 21.1 Å². The second-order valence-electron chi connectivity index (χ2n) is 6.60. The molecule has 4 rings (SSSR count). The van der Waals surface area contributed by atoms with Crippen molar-refractivity contribution in [2.24, 2.45) is 0 Å². The topological polar surface area (TPSA) is 59.3 Å². The Labute approximate surface area is 172 Å². The van der Waals surface area contributed by atoms with Gasteiger partial charge in [-0.05, 0) is 42.8 Å². The number of phenols is 1. The summed E-state index contributed by atoms with van der Waals surface area (Å²) >= 11 is 12.6. The van der Waals surface area contributed by atoms with Crippen LogP contribution in [-0.2, 0) is 0 Å². The summed E-state index contributed by atoms with van der Waals surface area (Å²) < 4.78 is 0. The van der Waals surface area contributed by atoms with E-state index in [-0.39, 0.29) is 5.75 Å². The molecule has 0 aliphatic carbocycles. The largest absolute Gasteiger partial charge is 0.505 e. The number of anilines is 1. The highest BCUT2D eigenvalue weighted by Gasteiger charge is 2.26. The zero-order valence-electron chi connectivity index (χ0n) is 15.1. The third kappa shape index (κ3) is 3.61. The molecule has 3 N–H and O–H groups in total. The molecule has 2 aromatic carbocycles. The van der Waals surface area contributed by atoms with Gasteiger partial charge in [-0.25, -0.2) is 4.98 Å². The van der Waals surface area contributed by atoms with E-state index in [1.807, 2.05) is 55.6 Å². The van der Waals surface area contributed by atoms with Gasteiger partial charge in [0.05, 0.1) is 6.20 Å². The maximum absolute atomic E-state index is 11.0.